The number of sulfone groups is 1. The van der Waals surface area contributed by atoms with Gasteiger partial charge in [-0.05, 0) is 36.6 Å². The number of benzene rings is 2. The molecule has 0 radical (unpaired) electrons. The van der Waals surface area contributed by atoms with Crippen molar-refractivity contribution >= 4 is 39.1 Å². The normalized spacial score (nSPS) is 22.3. The molecular formula is C20H22ClNO3S2. The van der Waals surface area contributed by atoms with Gasteiger partial charge in [-0.2, -0.15) is 0 Å². The van der Waals surface area contributed by atoms with Gasteiger partial charge in [-0.15, -0.1) is 11.8 Å². The monoisotopic (exact) mass is 423 g/mol. The van der Waals surface area contributed by atoms with Crippen LogP contribution in [0.2, 0.25) is 5.02 Å². The molecule has 2 aromatic carbocycles. The van der Waals surface area contributed by atoms with Crippen molar-refractivity contribution in [2.75, 3.05) is 17.3 Å². The van der Waals surface area contributed by atoms with Crippen LogP contribution in [0, 0.1) is 0 Å². The second-order valence-corrected chi connectivity index (χ2v) is 10.8. The Labute approximate surface area is 169 Å². The highest BCUT2D eigenvalue weighted by molar-refractivity contribution is 8.00. The maximum atomic E-state index is 12.5. The van der Waals surface area contributed by atoms with Crippen LogP contribution >= 0.6 is 23.4 Å². The molecule has 1 aliphatic rings. The SMILES string of the molecule is CC1(NC(=O)CSC(c2ccccc2)c2ccc(Cl)cc2)CCS(=O)(=O)C1. The average molecular weight is 424 g/mol. The van der Waals surface area contributed by atoms with Crippen LogP contribution in [-0.2, 0) is 14.6 Å². The highest BCUT2D eigenvalue weighted by Crippen LogP contribution is 2.36. The van der Waals surface area contributed by atoms with Crippen LogP contribution in [-0.4, -0.2) is 37.1 Å². The molecular weight excluding hydrogens is 402 g/mol. The number of amides is 1. The van der Waals surface area contributed by atoms with Gasteiger partial charge in [0, 0.05) is 5.02 Å². The highest BCUT2D eigenvalue weighted by Gasteiger charge is 2.39. The summed E-state index contributed by atoms with van der Waals surface area (Å²) in [5.74, 6) is 0.247. The molecule has 2 unspecified atom stereocenters. The van der Waals surface area contributed by atoms with E-state index in [0.29, 0.717) is 11.4 Å². The van der Waals surface area contributed by atoms with E-state index in [2.05, 4.69) is 5.32 Å². The summed E-state index contributed by atoms with van der Waals surface area (Å²) >= 11 is 7.52. The molecule has 1 N–H and O–H groups in total. The highest BCUT2D eigenvalue weighted by atomic mass is 35.5. The molecule has 1 amide bonds. The van der Waals surface area contributed by atoms with Crippen LogP contribution in [0.3, 0.4) is 0 Å². The van der Waals surface area contributed by atoms with Crippen LogP contribution < -0.4 is 5.32 Å². The molecule has 1 aliphatic heterocycles. The lowest BCUT2D eigenvalue weighted by molar-refractivity contribution is -0.120. The first kappa shape index (κ1) is 20.2. The molecule has 0 saturated carbocycles. The summed E-state index contributed by atoms with van der Waals surface area (Å²) in [6, 6.07) is 17.6. The quantitative estimate of drug-likeness (QED) is 0.766. The number of thioether (sulfide) groups is 1. The molecule has 1 fully saturated rings. The van der Waals surface area contributed by atoms with Crippen molar-refractivity contribution < 1.29 is 13.2 Å². The fourth-order valence-electron chi connectivity index (χ4n) is 3.29. The van der Waals surface area contributed by atoms with Gasteiger partial charge in [-0.3, -0.25) is 4.79 Å². The van der Waals surface area contributed by atoms with Gasteiger partial charge in [0.2, 0.25) is 5.91 Å². The Morgan fingerprint density at radius 1 is 1.15 bits per heavy atom. The first-order valence-corrected chi connectivity index (χ1v) is 11.9. The van der Waals surface area contributed by atoms with E-state index in [4.69, 9.17) is 11.6 Å². The van der Waals surface area contributed by atoms with Crippen molar-refractivity contribution in [2.45, 2.75) is 24.1 Å². The molecule has 2 atom stereocenters. The van der Waals surface area contributed by atoms with E-state index in [1.54, 1.807) is 6.92 Å². The largest absolute Gasteiger partial charge is 0.349 e. The van der Waals surface area contributed by atoms with E-state index in [-0.39, 0.29) is 28.4 Å². The summed E-state index contributed by atoms with van der Waals surface area (Å²) in [7, 11) is -3.05. The first-order valence-electron chi connectivity index (χ1n) is 8.70. The lowest BCUT2D eigenvalue weighted by atomic mass is 10.0. The molecule has 27 heavy (non-hydrogen) atoms. The van der Waals surface area contributed by atoms with Crippen molar-refractivity contribution in [1.29, 1.82) is 0 Å². The number of carbonyl (C=O) groups is 1. The number of rotatable bonds is 6. The maximum absolute atomic E-state index is 12.5. The third-order valence-corrected chi connectivity index (χ3v) is 8.06. The second-order valence-electron chi connectivity index (χ2n) is 7.10. The molecule has 0 aliphatic carbocycles. The molecule has 144 valence electrons. The predicted molar refractivity (Wildman–Crippen MR) is 112 cm³/mol. The van der Waals surface area contributed by atoms with Crippen LogP contribution in [0.25, 0.3) is 0 Å². The Bertz CT molecular complexity index is 901. The van der Waals surface area contributed by atoms with Crippen molar-refractivity contribution in [1.82, 2.24) is 5.32 Å². The lowest BCUT2D eigenvalue weighted by Gasteiger charge is -2.24. The number of hydrogen-bond donors (Lipinski definition) is 1. The van der Waals surface area contributed by atoms with Crippen LogP contribution in [0.5, 0.6) is 0 Å². The Morgan fingerprint density at radius 3 is 2.37 bits per heavy atom. The third-order valence-electron chi connectivity index (χ3n) is 4.60. The van der Waals surface area contributed by atoms with Gasteiger partial charge in [-0.1, -0.05) is 54.1 Å². The molecule has 1 saturated heterocycles. The number of nitrogens with one attached hydrogen (secondary N) is 1. The zero-order chi connectivity index (χ0) is 19.5. The van der Waals surface area contributed by atoms with Crippen molar-refractivity contribution in [2.24, 2.45) is 0 Å². The summed E-state index contributed by atoms with van der Waals surface area (Å²) in [6.45, 7) is 1.80. The second kappa shape index (κ2) is 8.25. The molecule has 2 aromatic rings. The Morgan fingerprint density at radius 2 is 1.78 bits per heavy atom. The minimum atomic E-state index is -3.05. The van der Waals surface area contributed by atoms with E-state index >= 15 is 0 Å². The van der Waals surface area contributed by atoms with Crippen molar-refractivity contribution in [3.63, 3.8) is 0 Å². The van der Waals surface area contributed by atoms with Gasteiger partial charge in [0.05, 0.1) is 28.0 Å². The summed E-state index contributed by atoms with van der Waals surface area (Å²) < 4.78 is 23.4. The predicted octanol–water partition coefficient (Wildman–Crippen LogP) is 3.86. The van der Waals surface area contributed by atoms with Gasteiger partial charge in [0.15, 0.2) is 9.84 Å². The minimum Gasteiger partial charge on any atom is -0.349 e. The molecule has 0 spiro atoms. The number of carbonyl (C=O) groups excluding carboxylic acids is 1. The summed E-state index contributed by atoms with van der Waals surface area (Å²) in [4.78, 5) is 12.5. The van der Waals surface area contributed by atoms with Crippen molar-refractivity contribution in [3.8, 4) is 0 Å². The van der Waals surface area contributed by atoms with E-state index in [1.165, 1.54) is 11.8 Å². The third kappa shape index (κ3) is 5.50. The van der Waals surface area contributed by atoms with Gasteiger partial charge < -0.3 is 5.32 Å². The molecule has 1 heterocycles. The average Bonchev–Trinajstić information content (AvgIpc) is 2.90. The van der Waals surface area contributed by atoms with E-state index in [9.17, 15) is 13.2 Å². The number of halogens is 1. The lowest BCUT2D eigenvalue weighted by Crippen LogP contribution is -2.47. The fraction of sp³-hybridized carbons (Fsp3) is 0.350. The standard InChI is InChI=1S/C20H22ClNO3S2/c1-20(11-12-27(24,25)14-20)22-18(23)13-26-19(15-5-3-2-4-6-15)16-7-9-17(21)10-8-16/h2-10,19H,11-14H2,1H3,(H,22,23). The van der Waals surface area contributed by atoms with Gasteiger partial charge in [0.1, 0.15) is 0 Å². The van der Waals surface area contributed by atoms with Gasteiger partial charge >= 0.3 is 0 Å². The molecule has 0 bridgehead atoms. The van der Waals surface area contributed by atoms with E-state index < -0.39 is 15.4 Å². The zero-order valence-electron chi connectivity index (χ0n) is 15.0. The van der Waals surface area contributed by atoms with Crippen LogP contribution in [0.4, 0.5) is 0 Å². The van der Waals surface area contributed by atoms with Gasteiger partial charge in [0.25, 0.3) is 0 Å². The summed E-state index contributed by atoms with van der Waals surface area (Å²) in [6.07, 6.45) is 0.463. The molecule has 3 rings (SSSR count). The topological polar surface area (TPSA) is 63.2 Å². The maximum Gasteiger partial charge on any atom is 0.230 e. The fourth-order valence-corrected chi connectivity index (χ4v) is 6.60. The Kier molecular flexibility index (Phi) is 6.18. The first-order chi connectivity index (χ1) is 12.8. The van der Waals surface area contributed by atoms with Crippen LogP contribution in [0.1, 0.15) is 29.7 Å². The Balaban J connectivity index is 1.70. The molecule has 0 aromatic heterocycles. The Hall–Kier alpha value is -1.50. The van der Waals surface area contributed by atoms with Crippen LogP contribution in [0.15, 0.2) is 54.6 Å². The number of hydrogen-bond acceptors (Lipinski definition) is 4. The van der Waals surface area contributed by atoms with E-state index in [1.807, 2.05) is 54.6 Å². The molecule has 4 nitrogen and oxygen atoms in total. The zero-order valence-corrected chi connectivity index (χ0v) is 17.4. The van der Waals surface area contributed by atoms with E-state index in [0.717, 1.165) is 11.1 Å². The minimum absolute atomic E-state index is 0.00525. The summed E-state index contributed by atoms with van der Waals surface area (Å²) in [5.41, 5.74) is 1.50. The molecule has 7 heteroatoms. The van der Waals surface area contributed by atoms with Crippen molar-refractivity contribution in [3.05, 3.63) is 70.7 Å². The smallest absolute Gasteiger partial charge is 0.230 e. The summed E-state index contributed by atoms with van der Waals surface area (Å²) in [5, 5.41) is 3.58. The van der Waals surface area contributed by atoms with Gasteiger partial charge in [-0.25, -0.2) is 8.42 Å².